The Morgan fingerprint density at radius 2 is 1.67 bits per heavy atom. The van der Waals surface area contributed by atoms with Crippen LogP contribution >= 0.6 is 0 Å². The molecule has 4 heteroatoms. The number of rotatable bonds is 5. The Hall–Kier alpha value is -0.870. The lowest BCUT2D eigenvalue weighted by atomic mass is 9.33. The van der Waals surface area contributed by atoms with E-state index in [4.69, 9.17) is 4.74 Å². The van der Waals surface area contributed by atoms with Gasteiger partial charge in [-0.05, 0) is 104 Å². The van der Waals surface area contributed by atoms with Crippen LogP contribution in [0.5, 0.6) is 0 Å². The zero-order chi connectivity index (χ0) is 28.6. The molecule has 2 N–H and O–H groups in total. The standard InChI is InChI=1S/C35H58O4/c1-9-10-11-29(38)39-28-21-30(2,3)20-24-23-12-13-26-32(5)16-15-27(37)33(6,22-36)25(32)14-17-35(26,8)34(23,7)19-18-31(24,28)4/h12,24-28,36-37H,9-11,13-22H2,1-8H3/t24-,25?,26-,27+,28-,31-,32+,33+,34-,35-/m1/s1. The van der Waals surface area contributed by atoms with Gasteiger partial charge in [-0.1, -0.05) is 73.5 Å². The van der Waals surface area contributed by atoms with Crippen LogP contribution in [0.1, 0.15) is 132 Å². The fourth-order valence-electron chi connectivity index (χ4n) is 11.4. The van der Waals surface area contributed by atoms with E-state index in [1.54, 1.807) is 5.57 Å². The van der Waals surface area contributed by atoms with Gasteiger partial charge in [-0.2, -0.15) is 0 Å². The van der Waals surface area contributed by atoms with Gasteiger partial charge < -0.3 is 14.9 Å². The Morgan fingerprint density at radius 1 is 0.949 bits per heavy atom. The molecule has 0 heterocycles. The molecule has 5 rings (SSSR count). The fraction of sp³-hybridized carbons (Fsp3) is 0.914. The van der Waals surface area contributed by atoms with Crippen molar-refractivity contribution in [3.8, 4) is 0 Å². The van der Waals surface area contributed by atoms with Gasteiger partial charge in [-0.15, -0.1) is 0 Å². The minimum atomic E-state index is -0.410. The first-order valence-electron chi connectivity index (χ1n) is 16.3. The van der Waals surface area contributed by atoms with Gasteiger partial charge in [0.25, 0.3) is 0 Å². The number of aliphatic hydroxyl groups is 2. The highest BCUT2D eigenvalue weighted by Crippen LogP contribution is 2.75. The maximum Gasteiger partial charge on any atom is 0.306 e. The van der Waals surface area contributed by atoms with Crippen LogP contribution in [0.25, 0.3) is 0 Å². The lowest BCUT2D eigenvalue weighted by Crippen LogP contribution is -2.66. The van der Waals surface area contributed by atoms with E-state index in [0.29, 0.717) is 24.2 Å². The van der Waals surface area contributed by atoms with E-state index < -0.39 is 11.5 Å². The van der Waals surface area contributed by atoms with Gasteiger partial charge in [0.05, 0.1) is 12.7 Å². The Morgan fingerprint density at radius 3 is 2.33 bits per heavy atom. The molecule has 4 nitrogen and oxygen atoms in total. The molecule has 0 amide bonds. The Bertz CT molecular complexity index is 1000. The first-order valence-corrected chi connectivity index (χ1v) is 16.3. The number of fused-ring (bicyclic) bond motifs is 7. The molecular formula is C35H58O4. The minimum Gasteiger partial charge on any atom is -0.462 e. The van der Waals surface area contributed by atoms with Crippen LogP contribution < -0.4 is 0 Å². The predicted molar refractivity (Wildman–Crippen MR) is 157 cm³/mol. The summed E-state index contributed by atoms with van der Waals surface area (Å²) in [5.74, 6) is 1.35. The third-order valence-electron chi connectivity index (χ3n) is 14.2. The molecule has 0 aromatic rings. The summed E-state index contributed by atoms with van der Waals surface area (Å²) < 4.78 is 6.36. The van der Waals surface area contributed by atoms with Crippen molar-refractivity contribution in [2.24, 2.45) is 50.2 Å². The maximum absolute atomic E-state index is 12.9. The molecular weight excluding hydrogens is 484 g/mol. The zero-order valence-corrected chi connectivity index (χ0v) is 26.4. The molecule has 0 aliphatic heterocycles. The van der Waals surface area contributed by atoms with Crippen LogP contribution in [0, 0.1) is 50.2 Å². The van der Waals surface area contributed by atoms with Crippen LogP contribution in [0.3, 0.4) is 0 Å². The molecule has 0 radical (unpaired) electrons. The van der Waals surface area contributed by atoms with Gasteiger partial charge in [0.1, 0.15) is 6.10 Å². The first-order chi connectivity index (χ1) is 18.1. The number of carbonyl (C=O) groups excluding carboxylic acids is 1. The molecule has 5 aliphatic rings. The number of unbranched alkanes of at least 4 members (excludes halogenated alkanes) is 1. The Balaban J connectivity index is 1.51. The van der Waals surface area contributed by atoms with Crippen LogP contribution in [-0.2, 0) is 9.53 Å². The highest BCUT2D eigenvalue weighted by atomic mass is 16.5. The Labute approximate surface area is 238 Å². The zero-order valence-electron chi connectivity index (χ0n) is 26.4. The third-order valence-corrected chi connectivity index (χ3v) is 14.2. The number of ether oxygens (including phenoxy) is 1. The summed E-state index contributed by atoms with van der Waals surface area (Å²) in [6, 6.07) is 0. The molecule has 0 saturated heterocycles. The van der Waals surface area contributed by atoms with Gasteiger partial charge in [-0.3, -0.25) is 4.79 Å². The number of carbonyl (C=O) groups is 1. The predicted octanol–water partition coefficient (Wildman–Crippen LogP) is 7.85. The van der Waals surface area contributed by atoms with Gasteiger partial charge in [0.15, 0.2) is 0 Å². The summed E-state index contributed by atoms with van der Waals surface area (Å²) in [7, 11) is 0. The van der Waals surface area contributed by atoms with Crippen molar-refractivity contribution >= 4 is 5.97 Å². The third kappa shape index (κ3) is 4.15. The molecule has 0 aromatic carbocycles. The fourth-order valence-corrected chi connectivity index (χ4v) is 11.4. The molecule has 0 bridgehead atoms. The van der Waals surface area contributed by atoms with Crippen molar-refractivity contribution < 1.29 is 19.7 Å². The van der Waals surface area contributed by atoms with Gasteiger partial charge in [0.2, 0.25) is 0 Å². The van der Waals surface area contributed by atoms with Crippen molar-refractivity contribution in [1.29, 1.82) is 0 Å². The molecule has 0 aromatic heterocycles. The number of hydrogen-bond donors (Lipinski definition) is 2. The molecule has 0 spiro atoms. The quantitative estimate of drug-likeness (QED) is 0.274. The summed E-state index contributed by atoms with van der Waals surface area (Å²) in [5.41, 5.74) is 1.84. The number of hydrogen-bond acceptors (Lipinski definition) is 4. The maximum atomic E-state index is 12.9. The second kappa shape index (κ2) is 9.58. The van der Waals surface area contributed by atoms with Gasteiger partial charge >= 0.3 is 5.97 Å². The van der Waals surface area contributed by atoms with Gasteiger partial charge in [-0.25, -0.2) is 0 Å². The monoisotopic (exact) mass is 542 g/mol. The lowest BCUT2D eigenvalue weighted by Gasteiger charge is -2.71. The van der Waals surface area contributed by atoms with Gasteiger partial charge in [0, 0.05) is 17.3 Å². The van der Waals surface area contributed by atoms with E-state index in [2.05, 4.69) is 61.5 Å². The van der Waals surface area contributed by atoms with Crippen LogP contribution in [0.2, 0.25) is 0 Å². The number of aliphatic hydroxyl groups excluding tert-OH is 2. The smallest absolute Gasteiger partial charge is 0.306 e. The summed E-state index contributed by atoms with van der Waals surface area (Å²) in [5, 5.41) is 21.5. The second-order valence-electron chi connectivity index (χ2n) is 16.7. The van der Waals surface area contributed by atoms with Crippen molar-refractivity contribution in [3.63, 3.8) is 0 Å². The summed E-state index contributed by atoms with van der Waals surface area (Å²) in [6.45, 7) is 19.2. The number of allylic oxidation sites excluding steroid dienone is 2. The van der Waals surface area contributed by atoms with Crippen LogP contribution in [0.4, 0.5) is 0 Å². The number of esters is 1. The first kappa shape index (κ1) is 29.6. The van der Waals surface area contributed by atoms with Crippen molar-refractivity contribution in [1.82, 2.24) is 0 Å². The molecule has 222 valence electrons. The van der Waals surface area contributed by atoms with E-state index >= 15 is 0 Å². The van der Waals surface area contributed by atoms with Crippen LogP contribution in [0.15, 0.2) is 11.6 Å². The van der Waals surface area contributed by atoms with E-state index in [1.165, 1.54) is 6.42 Å². The molecule has 10 atom stereocenters. The summed E-state index contributed by atoms with van der Waals surface area (Å²) >= 11 is 0. The summed E-state index contributed by atoms with van der Waals surface area (Å²) in [6.07, 6.45) is 14.3. The van der Waals surface area contributed by atoms with Crippen molar-refractivity contribution in [3.05, 3.63) is 11.6 Å². The normalized spacial score (nSPS) is 50.5. The molecule has 1 unspecified atom stereocenters. The molecule has 39 heavy (non-hydrogen) atoms. The minimum absolute atomic E-state index is 0.00253. The lowest BCUT2D eigenvalue weighted by molar-refractivity contribution is -0.220. The van der Waals surface area contributed by atoms with Crippen LogP contribution in [-0.4, -0.2) is 35.0 Å². The second-order valence-corrected chi connectivity index (χ2v) is 16.7. The van der Waals surface area contributed by atoms with Crippen molar-refractivity contribution in [2.45, 2.75) is 145 Å². The summed E-state index contributed by atoms with van der Waals surface area (Å²) in [4.78, 5) is 12.9. The highest BCUT2D eigenvalue weighted by Gasteiger charge is 2.69. The molecule has 5 aliphatic carbocycles. The van der Waals surface area contributed by atoms with E-state index in [0.717, 1.165) is 64.2 Å². The molecule has 4 fully saturated rings. The average molecular weight is 543 g/mol. The average Bonchev–Trinajstić information content (AvgIpc) is 2.87. The van der Waals surface area contributed by atoms with E-state index in [1.807, 2.05) is 0 Å². The van der Waals surface area contributed by atoms with Crippen molar-refractivity contribution in [2.75, 3.05) is 6.61 Å². The SMILES string of the molecule is CCCCC(=O)O[C@@H]1CC(C)(C)C[C@@H]2C3=CC[C@@H]4[C@@]5(C)CC[C@H](O)[C@@](C)(CO)C5CC[C@@]4(C)[C@]3(C)CC[C@]21C. The Kier molecular flexibility index (Phi) is 7.27. The molecule has 4 saturated carbocycles. The largest absolute Gasteiger partial charge is 0.462 e. The van der Waals surface area contributed by atoms with E-state index in [-0.39, 0.29) is 45.8 Å². The topological polar surface area (TPSA) is 66.8 Å². The van der Waals surface area contributed by atoms with E-state index in [9.17, 15) is 15.0 Å². The highest BCUT2D eigenvalue weighted by molar-refractivity contribution is 5.69.